The van der Waals surface area contributed by atoms with Crippen LogP contribution in [0.15, 0.2) is 48.5 Å². The fourth-order valence-corrected chi connectivity index (χ4v) is 3.00. The summed E-state index contributed by atoms with van der Waals surface area (Å²) in [4.78, 5) is 26.2. The van der Waals surface area contributed by atoms with Gasteiger partial charge in [-0.1, -0.05) is 31.5 Å². The molecule has 1 N–H and O–H groups in total. The number of hydrogen-bond donors (Lipinski definition) is 1. The van der Waals surface area contributed by atoms with E-state index in [0.29, 0.717) is 37.4 Å². The molecule has 0 spiro atoms. The van der Waals surface area contributed by atoms with Crippen molar-refractivity contribution in [3.05, 3.63) is 48.5 Å². The zero-order valence-corrected chi connectivity index (χ0v) is 16.1. The van der Waals surface area contributed by atoms with Crippen molar-refractivity contribution in [1.29, 1.82) is 0 Å². The average molecular weight is 382 g/mol. The highest BCUT2D eigenvalue weighted by atomic mass is 16.5. The van der Waals surface area contributed by atoms with E-state index < -0.39 is 0 Å². The van der Waals surface area contributed by atoms with Crippen molar-refractivity contribution in [2.24, 2.45) is 0 Å². The van der Waals surface area contributed by atoms with Gasteiger partial charge in [0.2, 0.25) is 5.91 Å². The van der Waals surface area contributed by atoms with Gasteiger partial charge >= 0.3 is 0 Å². The highest BCUT2D eigenvalue weighted by Gasteiger charge is 2.25. The SMILES string of the molecule is CCCCN1C(=O)COc2ccc(NC(=O)CCCOc3ccccc3)cc21. The maximum absolute atomic E-state index is 12.2. The maximum atomic E-state index is 12.2. The van der Waals surface area contributed by atoms with Crippen molar-refractivity contribution in [3.63, 3.8) is 0 Å². The predicted molar refractivity (Wildman–Crippen MR) is 109 cm³/mol. The fourth-order valence-electron chi connectivity index (χ4n) is 3.00. The molecule has 1 aliphatic rings. The summed E-state index contributed by atoms with van der Waals surface area (Å²) in [6.07, 6.45) is 2.90. The van der Waals surface area contributed by atoms with E-state index in [1.807, 2.05) is 30.3 Å². The van der Waals surface area contributed by atoms with Gasteiger partial charge in [0, 0.05) is 18.7 Å². The van der Waals surface area contributed by atoms with Gasteiger partial charge in [0.05, 0.1) is 12.3 Å². The zero-order valence-electron chi connectivity index (χ0n) is 16.1. The number of rotatable bonds is 9. The number of para-hydroxylation sites is 1. The Bertz CT molecular complexity index is 807. The van der Waals surface area contributed by atoms with Gasteiger partial charge in [-0.2, -0.15) is 0 Å². The molecule has 0 atom stereocenters. The normalized spacial score (nSPS) is 12.9. The average Bonchev–Trinajstić information content (AvgIpc) is 2.71. The van der Waals surface area contributed by atoms with Crippen molar-refractivity contribution < 1.29 is 19.1 Å². The lowest BCUT2D eigenvalue weighted by molar-refractivity contribution is -0.121. The molecule has 1 heterocycles. The van der Waals surface area contributed by atoms with Gasteiger partial charge < -0.3 is 19.7 Å². The number of nitrogens with zero attached hydrogens (tertiary/aromatic N) is 1. The van der Waals surface area contributed by atoms with Crippen molar-refractivity contribution in [2.75, 3.05) is 30.0 Å². The number of fused-ring (bicyclic) bond motifs is 1. The van der Waals surface area contributed by atoms with Crippen LogP contribution in [0.1, 0.15) is 32.6 Å². The molecule has 6 nitrogen and oxygen atoms in total. The molecule has 0 aliphatic carbocycles. The first-order valence-electron chi connectivity index (χ1n) is 9.72. The number of unbranched alkanes of at least 4 members (excludes halogenated alkanes) is 1. The van der Waals surface area contributed by atoms with Crippen LogP contribution in [0.5, 0.6) is 11.5 Å². The minimum Gasteiger partial charge on any atom is -0.494 e. The summed E-state index contributed by atoms with van der Waals surface area (Å²) < 4.78 is 11.1. The Labute approximate surface area is 165 Å². The molecule has 6 heteroatoms. The highest BCUT2D eigenvalue weighted by Crippen LogP contribution is 2.34. The molecular formula is C22H26N2O4. The third-order valence-corrected chi connectivity index (χ3v) is 4.48. The number of carbonyl (C=O) groups excluding carboxylic acids is 2. The van der Waals surface area contributed by atoms with Crippen LogP contribution in [0, 0.1) is 0 Å². The monoisotopic (exact) mass is 382 g/mol. The predicted octanol–water partition coefficient (Wildman–Crippen LogP) is 4.01. The van der Waals surface area contributed by atoms with Gasteiger partial charge in [-0.05, 0) is 43.2 Å². The largest absolute Gasteiger partial charge is 0.494 e. The van der Waals surface area contributed by atoms with Crippen LogP contribution in [-0.2, 0) is 9.59 Å². The molecule has 3 rings (SSSR count). The number of amides is 2. The number of ether oxygens (including phenoxy) is 2. The summed E-state index contributed by atoms with van der Waals surface area (Å²) in [6, 6.07) is 14.9. The van der Waals surface area contributed by atoms with Crippen LogP contribution in [0.4, 0.5) is 11.4 Å². The van der Waals surface area contributed by atoms with E-state index in [1.165, 1.54) is 0 Å². The van der Waals surface area contributed by atoms with Crippen molar-refractivity contribution in [1.82, 2.24) is 0 Å². The van der Waals surface area contributed by atoms with Gasteiger partial charge in [-0.15, -0.1) is 0 Å². The second kappa shape index (κ2) is 9.78. The first-order valence-corrected chi connectivity index (χ1v) is 9.72. The Morgan fingerprint density at radius 2 is 2.00 bits per heavy atom. The molecule has 2 amide bonds. The molecular weight excluding hydrogens is 356 g/mol. The maximum Gasteiger partial charge on any atom is 0.265 e. The number of benzene rings is 2. The molecule has 0 saturated heterocycles. The molecule has 2 aromatic rings. The first-order chi connectivity index (χ1) is 13.7. The lowest BCUT2D eigenvalue weighted by atomic mass is 10.2. The number of nitrogens with one attached hydrogen (secondary N) is 1. The van der Waals surface area contributed by atoms with Gasteiger partial charge in [0.15, 0.2) is 6.61 Å². The van der Waals surface area contributed by atoms with E-state index in [4.69, 9.17) is 9.47 Å². The lowest BCUT2D eigenvalue weighted by Gasteiger charge is -2.29. The quantitative estimate of drug-likeness (QED) is 0.666. The second-order valence-corrected chi connectivity index (χ2v) is 6.68. The molecule has 0 aromatic heterocycles. The Hall–Kier alpha value is -3.02. The van der Waals surface area contributed by atoms with E-state index in [2.05, 4.69) is 12.2 Å². The summed E-state index contributed by atoms with van der Waals surface area (Å²) in [5.41, 5.74) is 1.38. The van der Waals surface area contributed by atoms with E-state index in [0.717, 1.165) is 24.3 Å². The van der Waals surface area contributed by atoms with Crippen LogP contribution in [0.25, 0.3) is 0 Å². The van der Waals surface area contributed by atoms with E-state index in [1.54, 1.807) is 23.1 Å². The minimum atomic E-state index is -0.0835. The molecule has 0 radical (unpaired) electrons. The van der Waals surface area contributed by atoms with Gasteiger partial charge in [-0.25, -0.2) is 0 Å². The Balaban J connectivity index is 1.53. The van der Waals surface area contributed by atoms with Crippen molar-refractivity contribution >= 4 is 23.2 Å². The topological polar surface area (TPSA) is 67.9 Å². The summed E-state index contributed by atoms with van der Waals surface area (Å²) >= 11 is 0. The summed E-state index contributed by atoms with van der Waals surface area (Å²) in [5, 5.41) is 2.89. The molecule has 1 aliphatic heterocycles. The molecule has 0 saturated carbocycles. The lowest BCUT2D eigenvalue weighted by Crippen LogP contribution is -2.39. The standard InChI is InChI=1S/C22H26N2O4/c1-2-3-13-24-19-15-17(11-12-20(19)28-16-22(24)26)23-21(25)10-7-14-27-18-8-5-4-6-9-18/h4-6,8-9,11-12,15H,2-3,7,10,13-14,16H2,1H3,(H,23,25). The fraction of sp³-hybridized carbons (Fsp3) is 0.364. The van der Waals surface area contributed by atoms with E-state index >= 15 is 0 Å². The van der Waals surface area contributed by atoms with Gasteiger partial charge in [0.1, 0.15) is 11.5 Å². The minimum absolute atomic E-state index is 0.0533. The molecule has 0 bridgehead atoms. The summed E-state index contributed by atoms with van der Waals surface area (Å²) in [6.45, 7) is 3.28. The van der Waals surface area contributed by atoms with Crippen LogP contribution in [0.3, 0.4) is 0 Å². The van der Waals surface area contributed by atoms with Crippen LogP contribution in [0.2, 0.25) is 0 Å². The van der Waals surface area contributed by atoms with Gasteiger partial charge in [-0.3, -0.25) is 9.59 Å². The smallest absolute Gasteiger partial charge is 0.265 e. The molecule has 148 valence electrons. The molecule has 2 aromatic carbocycles. The number of carbonyl (C=O) groups is 2. The Morgan fingerprint density at radius 3 is 2.79 bits per heavy atom. The highest BCUT2D eigenvalue weighted by molar-refractivity contribution is 5.99. The van der Waals surface area contributed by atoms with Gasteiger partial charge in [0.25, 0.3) is 5.91 Å². The molecule has 0 fully saturated rings. The van der Waals surface area contributed by atoms with E-state index in [9.17, 15) is 9.59 Å². The summed E-state index contributed by atoms with van der Waals surface area (Å²) in [5.74, 6) is 1.33. The van der Waals surface area contributed by atoms with Crippen LogP contribution in [-0.4, -0.2) is 31.6 Å². The molecule has 28 heavy (non-hydrogen) atoms. The number of anilines is 2. The third-order valence-electron chi connectivity index (χ3n) is 4.48. The van der Waals surface area contributed by atoms with Crippen molar-refractivity contribution in [3.8, 4) is 11.5 Å². The molecule has 0 unspecified atom stereocenters. The Kier molecular flexibility index (Phi) is 6.89. The Morgan fingerprint density at radius 1 is 1.18 bits per heavy atom. The third kappa shape index (κ3) is 5.25. The van der Waals surface area contributed by atoms with Crippen LogP contribution < -0.4 is 19.7 Å². The number of hydrogen-bond acceptors (Lipinski definition) is 4. The zero-order chi connectivity index (χ0) is 19.8. The van der Waals surface area contributed by atoms with E-state index in [-0.39, 0.29) is 18.4 Å². The first kappa shape index (κ1) is 19.7. The summed E-state index contributed by atoms with van der Waals surface area (Å²) in [7, 11) is 0. The second-order valence-electron chi connectivity index (χ2n) is 6.68. The van der Waals surface area contributed by atoms with Crippen LogP contribution >= 0.6 is 0 Å². The van der Waals surface area contributed by atoms with Crippen molar-refractivity contribution in [2.45, 2.75) is 32.6 Å².